The predicted molar refractivity (Wildman–Crippen MR) is 97.5 cm³/mol. The number of H-pyrrole nitrogens is 1. The first-order chi connectivity index (χ1) is 11.0. The van der Waals surface area contributed by atoms with E-state index in [0.717, 1.165) is 22.4 Å². The first-order valence-electron chi connectivity index (χ1n) is 6.84. The summed E-state index contributed by atoms with van der Waals surface area (Å²) in [5.41, 5.74) is 3.64. The molecule has 0 saturated carbocycles. The Hall–Kier alpha value is -1.81. The van der Waals surface area contributed by atoms with Crippen molar-refractivity contribution >= 4 is 46.8 Å². The Labute approximate surface area is 148 Å². The van der Waals surface area contributed by atoms with Crippen molar-refractivity contribution in [3.05, 3.63) is 68.8 Å². The first-order valence-corrected chi connectivity index (χ1v) is 7.98. The van der Waals surface area contributed by atoms with E-state index in [-0.39, 0.29) is 0 Å². The van der Waals surface area contributed by atoms with Crippen LogP contribution in [0, 0.1) is 6.92 Å². The molecule has 1 N–H and O–H groups in total. The molecule has 3 aromatic rings. The average Bonchev–Trinajstić information content (AvgIpc) is 2.88. The molecular weight excluding hydrogens is 353 g/mol. The molecule has 0 fully saturated rings. The van der Waals surface area contributed by atoms with E-state index in [4.69, 9.17) is 34.8 Å². The Bertz CT molecular complexity index is 867. The molecule has 1 aromatic heterocycles. The van der Waals surface area contributed by atoms with Gasteiger partial charge >= 0.3 is 0 Å². The van der Waals surface area contributed by atoms with Gasteiger partial charge in [-0.25, -0.2) is 4.99 Å². The van der Waals surface area contributed by atoms with Gasteiger partial charge in [-0.05, 0) is 36.8 Å². The van der Waals surface area contributed by atoms with E-state index in [9.17, 15) is 0 Å². The lowest BCUT2D eigenvalue weighted by molar-refractivity contribution is 1.04. The molecule has 116 valence electrons. The number of aryl methyl sites for hydroxylation is 1. The minimum atomic E-state index is 0.543. The van der Waals surface area contributed by atoms with E-state index in [0.29, 0.717) is 20.9 Å². The van der Waals surface area contributed by atoms with Gasteiger partial charge in [0, 0.05) is 33.1 Å². The fraction of sp³-hybridized carbons (Fsp3) is 0.0588. The molecule has 3 rings (SSSR count). The van der Waals surface area contributed by atoms with E-state index in [1.54, 1.807) is 18.3 Å². The molecule has 0 aliphatic heterocycles. The predicted octanol–water partition coefficient (Wildman–Crippen LogP) is 6.10. The van der Waals surface area contributed by atoms with Crippen molar-refractivity contribution in [3.63, 3.8) is 0 Å². The van der Waals surface area contributed by atoms with Gasteiger partial charge in [-0.15, -0.1) is 0 Å². The molecule has 1 heterocycles. The number of aromatic nitrogens is 2. The SMILES string of the molecule is Cc1[nH]nc(N=Cc2ccc(Cl)cc2Cl)c1-c1ccc(Cl)cc1. The Morgan fingerprint density at radius 2 is 1.70 bits per heavy atom. The van der Waals surface area contributed by atoms with Crippen LogP contribution < -0.4 is 0 Å². The number of rotatable bonds is 3. The smallest absolute Gasteiger partial charge is 0.181 e. The fourth-order valence-corrected chi connectivity index (χ4v) is 2.79. The summed E-state index contributed by atoms with van der Waals surface area (Å²) < 4.78 is 0. The standard InChI is InChI=1S/C17H12Cl3N3/c1-10-16(11-2-5-13(18)6-3-11)17(23-22-10)21-9-12-4-7-14(19)8-15(12)20/h2-9H,1H3,(H,22,23). The largest absolute Gasteiger partial charge is 0.280 e. The van der Waals surface area contributed by atoms with Crippen LogP contribution >= 0.6 is 34.8 Å². The van der Waals surface area contributed by atoms with E-state index < -0.39 is 0 Å². The second-order valence-electron chi connectivity index (χ2n) is 4.98. The molecule has 0 saturated heterocycles. The van der Waals surface area contributed by atoms with Crippen LogP contribution in [0.25, 0.3) is 11.1 Å². The van der Waals surface area contributed by atoms with Gasteiger partial charge in [0.15, 0.2) is 5.82 Å². The van der Waals surface area contributed by atoms with Crippen molar-refractivity contribution in [3.8, 4) is 11.1 Å². The molecule has 3 nitrogen and oxygen atoms in total. The number of aromatic amines is 1. The van der Waals surface area contributed by atoms with Gasteiger partial charge in [0.1, 0.15) is 0 Å². The third kappa shape index (κ3) is 3.58. The van der Waals surface area contributed by atoms with Gasteiger partial charge in [-0.2, -0.15) is 5.10 Å². The third-order valence-corrected chi connectivity index (χ3v) is 4.16. The van der Waals surface area contributed by atoms with Crippen molar-refractivity contribution < 1.29 is 0 Å². The minimum Gasteiger partial charge on any atom is -0.280 e. The molecule has 0 amide bonds. The molecule has 0 bridgehead atoms. The van der Waals surface area contributed by atoms with E-state index in [1.807, 2.05) is 37.3 Å². The monoisotopic (exact) mass is 363 g/mol. The Balaban J connectivity index is 1.98. The number of benzene rings is 2. The summed E-state index contributed by atoms with van der Waals surface area (Å²) in [7, 11) is 0. The third-order valence-electron chi connectivity index (χ3n) is 3.35. The maximum Gasteiger partial charge on any atom is 0.181 e. The lowest BCUT2D eigenvalue weighted by Gasteiger charge is -2.02. The van der Waals surface area contributed by atoms with Gasteiger partial charge in [0.2, 0.25) is 0 Å². The Kier molecular flexibility index (Phi) is 4.71. The maximum absolute atomic E-state index is 6.16. The van der Waals surface area contributed by atoms with Crippen LogP contribution in [0.2, 0.25) is 15.1 Å². The van der Waals surface area contributed by atoms with Crippen LogP contribution in [0.4, 0.5) is 5.82 Å². The number of hydrogen-bond acceptors (Lipinski definition) is 2. The van der Waals surface area contributed by atoms with Gasteiger partial charge < -0.3 is 0 Å². The molecule has 0 unspecified atom stereocenters. The van der Waals surface area contributed by atoms with Gasteiger partial charge in [-0.1, -0.05) is 53.0 Å². The molecule has 0 spiro atoms. The topological polar surface area (TPSA) is 41.0 Å². The van der Waals surface area contributed by atoms with Gasteiger partial charge in [-0.3, -0.25) is 5.10 Å². The highest BCUT2D eigenvalue weighted by atomic mass is 35.5. The van der Waals surface area contributed by atoms with Gasteiger partial charge in [0.25, 0.3) is 0 Å². The first kappa shape index (κ1) is 16.1. The zero-order valence-electron chi connectivity index (χ0n) is 12.1. The summed E-state index contributed by atoms with van der Waals surface area (Å²) >= 11 is 18.0. The summed E-state index contributed by atoms with van der Waals surface area (Å²) in [6, 6.07) is 12.8. The van der Waals surface area contributed by atoms with E-state index in [1.165, 1.54) is 0 Å². The van der Waals surface area contributed by atoms with Crippen molar-refractivity contribution in [2.75, 3.05) is 0 Å². The normalized spacial score (nSPS) is 11.3. The summed E-state index contributed by atoms with van der Waals surface area (Å²) in [6.07, 6.45) is 1.67. The Morgan fingerprint density at radius 1 is 1.00 bits per heavy atom. The lowest BCUT2D eigenvalue weighted by Crippen LogP contribution is -1.84. The van der Waals surface area contributed by atoms with Crippen LogP contribution in [0.15, 0.2) is 47.5 Å². The molecule has 0 aliphatic rings. The van der Waals surface area contributed by atoms with Crippen LogP contribution in [-0.4, -0.2) is 16.4 Å². The van der Waals surface area contributed by atoms with Crippen molar-refractivity contribution in [2.24, 2.45) is 4.99 Å². The highest BCUT2D eigenvalue weighted by Gasteiger charge is 2.11. The second-order valence-corrected chi connectivity index (χ2v) is 6.26. The molecule has 2 aromatic carbocycles. The highest BCUT2D eigenvalue weighted by molar-refractivity contribution is 6.36. The molecular formula is C17H12Cl3N3. The van der Waals surface area contributed by atoms with Crippen molar-refractivity contribution in [1.82, 2.24) is 10.2 Å². The quantitative estimate of drug-likeness (QED) is 0.561. The second kappa shape index (κ2) is 6.75. The zero-order valence-corrected chi connectivity index (χ0v) is 14.4. The number of nitrogens with zero attached hydrogens (tertiary/aromatic N) is 2. The number of nitrogens with one attached hydrogen (secondary N) is 1. The molecule has 0 radical (unpaired) electrons. The van der Waals surface area contributed by atoms with Crippen molar-refractivity contribution in [2.45, 2.75) is 6.92 Å². The lowest BCUT2D eigenvalue weighted by atomic mass is 10.1. The average molecular weight is 365 g/mol. The number of halogens is 3. The van der Waals surface area contributed by atoms with Crippen LogP contribution in [0.3, 0.4) is 0 Å². The van der Waals surface area contributed by atoms with Crippen LogP contribution in [0.1, 0.15) is 11.3 Å². The van der Waals surface area contributed by atoms with Crippen molar-refractivity contribution in [1.29, 1.82) is 0 Å². The molecule has 0 aliphatic carbocycles. The summed E-state index contributed by atoms with van der Waals surface area (Å²) in [6.45, 7) is 1.95. The number of aliphatic imine (C=N–C) groups is 1. The highest BCUT2D eigenvalue weighted by Crippen LogP contribution is 2.32. The van der Waals surface area contributed by atoms with E-state index in [2.05, 4.69) is 15.2 Å². The maximum atomic E-state index is 6.16. The summed E-state index contributed by atoms with van der Waals surface area (Å²) in [4.78, 5) is 4.46. The van der Waals surface area contributed by atoms with Crippen LogP contribution in [-0.2, 0) is 0 Å². The van der Waals surface area contributed by atoms with Gasteiger partial charge in [0.05, 0.1) is 5.02 Å². The summed E-state index contributed by atoms with van der Waals surface area (Å²) in [5, 5.41) is 9.03. The Morgan fingerprint density at radius 3 is 2.39 bits per heavy atom. The molecule has 0 atom stereocenters. The molecule has 6 heteroatoms. The minimum absolute atomic E-state index is 0.543. The van der Waals surface area contributed by atoms with E-state index >= 15 is 0 Å². The van der Waals surface area contributed by atoms with Crippen LogP contribution in [0.5, 0.6) is 0 Å². The zero-order chi connectivity index (χ0) is 16.4. The molecule has 23 heavy (non-hydrogen) atoms. The fourth-order valence-electron chi connectivity index (χ4n) is 2.21. The number of hydrogen-bond donors (Lipinski definition) is 1. The summed E-state index contributed by atoms with van der Waals surface area (Å²) in [5.74, 6) is 0.593.